The highest BCUT2D eigenvalue weighted by molar-refractivity contribution is 5.29. The van der Waals surface area contributed by atoms with Crippen LogP contribution < -0.4 is 0 Å². The number of pyridine rings is 6. The van der Waals surface area contributed by atoms with Crippen molar-refractivity contribution in [1.82, 2.24) is 39.9 Å². The van der Waals surface area contributed by atoms with Crippen molar-refractivity contribution in [3.8, 4) is 0 Å². The van der Waals surface area contributed by atoms with Crippen LogP contribution >= 0.6 is 0 Å². The molecule has 1 aromatic carbocycles. The molecule has 96 heavy (non-hydrogen) atoms. The van der Waals surface area contributed by atoms with Crippen molar-refractivity contribution in [3.05, 3.63) is 237 Å². The summed E-state index contributed by atoms with van der Waals surface area (Å²) in [5, 5.41) is 0. The van der Waals surface area contributed by atoms with Gasteiger partial charge in [-0.25, -0.2) is 9.97 Å². The number of aryl methyl sites for hydroxylation is 7. The van der Waals surface area contributed by atoms with Gasteiger partial charge in [0.2, 0.25) is 0 Å². The summed E-state index contributed by atoms with van der Waals surface area (Å²) in [5.74, 6) is 0.831. The molecule has 8 rings (SSSR count). The topological polar surface area (TPSA) is 103 Å². The highest BCUT2D eigenvalue weighted by atomic mass is 14.8. The van der Waals surface area contributed by atoms with Crippen LogP contribution in [0, 0.1) is 53.9 Å². The van der Waals surface area contributed by atoms with Gasteiger partial charge in [-0.2, -0.15) is 0 Å². The molecular weight excluding hydrogens is 1170 g/mol. The summed E-state index contributed by atoms with van der Waals surface area (Å²) in [4.78, 5) is 33.8. The van der Waals surface area contributed by atoms with Crippen molar-refractivity contribution in [2.45, 2.75) is 312 Å². The minimum Gasteiger partial charge on any atom is -0.264 e. The largest absolute Gasteiger partial charge is 0.264 e. The summed E-state index contributed by atoms with van der Waals surface area (Å²) in [7, 11) is 0. The normalized spacial score (nSPS) is 11.5. The van der Waals surface area contributed by atoms with Crippen LogP contribution in [0.15, 0.2) is 153 Å². The van der Waals surface area contributed by atoms with Crippen LogP contribution in [0.1, 0.15) is 305 Å². The molecule has 532 valence electrons. The maximum absolute atomic E-state index is 4.44. The first kappa shape index (κ1) is 91.3. The molecule has 0 unspecified atom stereocenters. The first-order chi connectivity index (χ1) is 43.7. The lowest BCUT2D eigenvalue weighted by atomic mass is 9.86. The van der Waals surface area contributed by atoms with Crippen LogP contribution in [0.5, 0.6) is 0 Å². The van der Waals surface area contributed by atoms with E-state index in [-0.39, 0.29) is 37.9 Å². The van der Waals surface area contributed by atoms with E-state index in [9.17, 15) is 0 Å². The minimum atomic E-state index is 0.160. The van der Waals surface area contributed by atoms with Gasteiger partial charge in [-0.1, -0.05) is 263 Å². The van der Waals surface area contributed by atoms with Crippen LogP contribution in [-0.4, -0.2) is 39.9 Å². The Morgan fingerprint density at radius 3 is 1.14 bits per heavy atom. The van der Waals surface area contributed by atoms with Gasteiger partial charge in [0.15, 0.2) is 0 Å². The van der Waals surface area contributed by atoms with E-state index >= 15 is 0 Å². The molecule has 8 nitrogen and oxygen atoms in total. The Labute approximate surface area is 591 Å². The van der Waals surface area contributed by atoms with E-state index in [1.54, 1.807) is 0 Å². The maximum Gasteiger partial charge on any atom is 0.125 e. The van der Waals surface area contributed by atoms with E-state index in [4.69, 9.17) is 0 Å². The van der Waals surface area contributed by atoms with Gasteiger partial charge in [-0.15, -0.1) is 0 Å². The number of aromatic nitrogens is 8. The fourth-order valence-electron chi connectivity index (χ4n) is 8.82. The van der Waals surface area contributed by atoms with E-state index in [2.05, 4.69) is 339 Å². The Balaban J connectivity index is 0. The van der Waals surface area contributed by atoms with Gasteiger partial charge in [0, 0.05) is 94.6 Å². The summed E-state index contributed by atoms with van der Waals surface area (Å²) >= 11 is 0. The number of rotatable bonds is 1. The van der Waals surface area contributed by atoms with Crippen LogP contribution in [0.2, 0.25) is 0 Å². The van der Waals surface area contributed by atoms with Crippen LogP contribution in [-0.2, 0) is 43.3 Å². The lowest BCUT2D eigenvalue weighted by molar-refractivity contribution is 0.373. The molecule has 8 heteroatoms. The summed E-state index contributed by atoms with van der Waals surface area (Å²) in [6, 6.07) is 35.5. The molecule has 0 fully saturated rings. The lowest BCUT2D eigenvalue weighted by Gasteiger charge is -2.20. The van der Waals surface area contributed by atoms with Crippen LogP contribution in [0.25, 0.3) is 0 Å². The zero-order chi connectivity index (χ0) is 74.9. The first-order valence-electron chi connectivity index (χ1n) is 35.1. The average Bonchev–Trinajstić information content (AvgIpc) is 1.01. The Kier molecular flexibility index (Phi) is 39.4. The third kappa shape index (κ3) is 41.3. The monoisotopic (exact) mass is 1310 g/mol. The summed E-state index contributed by atoms with van der Waals surface area (Å²) in [5.41, 5.74) is 19.5. The van der Waals surface area contributed by atoms with Crippen molar-refractivity contribution < 1.29 is 0 Å². The van der Waals surface area contributed by atoms with Crippen molar-refractivity contribution in [3.63, 3.8) is 0 Å². The molecule has 8 aromatic rings. The van der Waals surface area contributed by atoms with E-state index < -0.39 is 0 Å². The third-order valence-corrected chi connectivity index (χ3v) is 14.8. The Morgan fingerprint density at radius 1 is 0.312 bits per heavy atom. The molecule has 0 saturated carbocycles. The Bertz CT molecular complexity index is 3090. The van der Waals surface area contributed by atoms with E-state index in [1.165, 1.54) is 57.3 Å². The third-order valence-electron chi connectivity index (χ3n) is 14.8. The highest BCUT2D eigenvalue weighted by Crippen LogP contribution is 2.28. The van der Waals surface area contributed by atoms with Gasteiger partial charge in [-0.05, 0) is 192 Å². The van der Waals surface area contributed by atoms with Crippen molar-refractivity contribution in [2.75, 3.05) is 0 Å². The van der Waals surface area contributed by atoms with Crippen molar-refractivity contribution >= 4 is 0 Å². The number of benzene rings is 1. The van der Waals surface area contributed by atoms with Gasteiger partial charge < -0.3 is 0 Å². The molecule has 7 aromatic heterocycles. The molecule has 7 heterocycles. The smallest absolute Gasteiger partial charge is 0.125 e. The maximum atomic E-state index is 4.44. The Hall–Kier alpha value is -6.80. The van der Waals surface area contributed by atoms with Crippen molar-refractivity contribution in [2.24, 2.45) is 5.41 Å². The number of hydrogen-bond donors (Lipinski definition) is 0. The molecule has 0 spiro atoms. The fraction of sp³-hybridized carbons (Fsp3) is 0.545. The zero-order valence-corrected chi connectivity index (χ0v) is 68.4. The average molecular weight is 1310 g/mol. The quantitative estimate of drug-likeness (QED) is 0.160. The summed E-state index contributed by atoms with van der Waals surface area (Å²) in [6.45, 7) is 79.9. The highest BCUT2D eigenvalue weighted by Gasteiger charge is 2.20. The summed E-state index contributed by atoms with van der Waals surface area (Å²) < 4.78 is 0. The SMILES string of the molecule is CC.CC(C)(C)c1ccccc1.CCCC(C)(C)C.Cc1cc(C(C)(C)C)ccn1.Cc1ccc(C(C)(C)C)cn1.Cc1cccc(C(C)(C)C)n1.Cc1ccnc(C(C)(C)C)c1.Cc1ccncc1C(C)(C)C.Cc1ncc(C(C)(C)C)cn1.Cc1ncccc1C(C)(C)C. The fourth-order valence-corrected chi connectivity index (χ4v) is 8.82. The zero-order valence-electron chi connectivity index (χ0n) is 68.4. The molecule has 0 amide bonds. The first-order valence-corrected chi connectivity index (χ1v) is 35.1. The van der Waals surface area contributed by atoms with Crippen LogP contribution in [0.4, 0.5) is 0 Å². The second-order valence-corrected chi connectivity index (χ2v) is 34.3. The molecule has 0 radical (unpaired) electrons. The number of nitrogens with zero attached hydrogens (tertiary/aromatic N) is 8. The van der Waals surface area contributed by atoms with Crippen LogP contribution in [0.3, 0.4) is 0 Å². The molecule has 0 N–H and O–H groups in total. The molecule has 0 aliphatic heterocycles. The molecule has 0 atom stereocenters. The standard InChI is InChI=1S/6C10H15N.C10H14.C9H14N2.C7H16.C2H6/c1-8-7-9(5-6-11-8)10(2,3)4;1-8-5-6-11-7-9(8)10(2,3)4;1-8-5-6-9(7-11-8)10(2,3)4;1-8-5-6-11-9(7-8)10(2,3)4;1-8-9(10(2,3)4)6-5-7-11-8;1-8-6-5-7-9(11-8)10(2,3)4;1-10(2,3)9-7-5-4-6-8-9;1-7-10-5-8(6-11-7)9(2,3)4;1-5-6-7(2,3)4;1-2/h6*5-7H,1-4H3;4-8H,1-3H3;5-6H,1-4H3;5-6H2,1-4H3;1-2H3. The predicted molar refractivity (Wildman–Crippen MR) is 422 cm³/mol. The lowest BCUT2D eigenvalue weighted by Crippen LogP contribution is -2.13. The molecule has 0 aliphatic rings. The van der Waals surface area contributed by atoms with E-state index in [0.717, 1.165) is 40.0 Å². The van der Waals surface area contributed by atoms with Gasteiger partial charge in [-0.3, -0.25) is 29.9 Å². The van der Waals surface area contributed by atoms with Gasteiger partial charge in [0.25, 0.3) is 0 Å². The molecular formula is C88H140N8. The van der Waals surface area contributed by atoms with Crippen molar-refractivity contribution in [1.29, 1.82) is 0 Å². The second-order valence-electron chi connectivity index (χ2n) is 34.3. The van der Waals surface area contributed by atoms with E-state index in [1.807, 2.05) is 109 Å². The minimum absolute atomic E-state index is 0.160. The Morgan fingerprint density at radius 2 is 0.812 bits per heavy atom. The van der Waals surface area contributed by atoms with Gasteiger partial charge in [0.1, 0.15) is 5.82 Å². The summed E-state index contributed by atoms with van der Waals surface area (Å²) in [6.07, 6.45) is 17.8. The van der Waals surface area contributed by atoms with Gasteiger partial charge in [0.05, 0.1) is 0 Å². The van der Waals surface area contributed by atoms with E-state index in [0.29, 0.717) is 10.8 Å². The van der Waals surface area contributed by atoms with Gasteiger partial charge >= 0.3 is 0 Å². The molecule has 0 aliphatic carbocycles. The molecule has 0 bridgehead atoms. The number of hydrogen-bond acceptors (Lipinski definition) is 8. The molecule has 0 saturated heterocycles. The second kappa shape index (κ2) is 41.5. The predicted octanol–water partition coefficient (Wildman–Crippen LogP) is 25.1.